The average Bonchev–Trinajstić information content (AvgIpc) is 2.65. The molecule has 8 heteroatoms. The number of hydrogen-bond acceptors (Lipinski definition) is 5. The highest BCUT2D eigenvalue weighted by molar-refractivity contribution is 5.97. The molecular formula is C19H21FN2O5. The zero-order valence-corrected chi connectivity index (χ0v) is 14.9. The predicted octanol–water partition coefficient (Wildman–Crippen LogP) is 2.00. The van der Waals surface area contributed by atoms with E-state index in [1.54, 1.807) is 4.57 Å². The molecule has 4 rings (SSSR count). The molecule has 0 aliphatic carbocycles. The fourth-order valence-electron chi connectivity index (χ4n) is 4.08. The second kappa shape index (κ2) is 6.53. The molecule has 144 valence electrons. The van der Waals surface area contributed by atoms with Crippen molar-refractivity contribution >= 4 is 22.6 Å². The minimum atomic E-state index is -1.34. The number of carboxylic acid groups (broad SMARTS) is 1. The van der Waals surface area contributed by atoms with Gasteiger partial charge < -0.3 is 24.4 Å². The first-order valence-electron chi connectivity index (χ1n) is 9.05. The molecule has 0 bridgehead atoms. The molecule has 7 nitrogen and oxygen atoms in total. The molecule has 1 aromatic heterocycles. The zero-order chi connectivity index (χ0) is 19.3. The van der Waals surface area contributed by atoms with Crippen molar-refractivity contribution in [2.45, 2.75) is 25.8 Å². The molecule has 3 heterocycles. The molecule has 2 aliphatic heterocycles. The van der Waals surface area contributed by atoms with E-state index < -0.39 is 17.2 Å². The van der Waals surface area contributed by atoms with Gasteiger partial charge in [0.05, 0.1) is 16.9 Å². The summed E-state index contributed by atoms with van der Waals surface area (Å²) in [5, 5.41) is 18.8. The van der Waals surface area contributed by atoms with Crippen molar-refractivity contribution in [2.75, 3.05) is 31.2 Å². The van der Waals surface area contributed by atoms with E-state index in [2.05, 4.69) is 0 Å². The summed E-state index contributed by atoms with van der Waals surface area (Å²) in [6, 6.07) is 0.923. The number of aliphatic hydroxyl groups excluding tert-OH is 1. The molecule has 0 spiro atoms. The highest BCUT2D eigenvalue weighted by atomic mass is 19.1. The zero-order valence-electron chi connectivity index (χ0n) is 14.9. The Morgan fingerprint density at radius 1 is 1.44 bits per heavy atom. The van der Waals surface area contributed by atoms with Gasteiger partial charge in [0.15, 0.2) is 11.6 Å². The van der Waals surface area contributed by atoms with Crippen LogP contribution in [0.5, 0.6) is 5.75 Å². The predicted molar refractivity (Wildman–Crippen MR) is 97.4 cm³/mol. The number of ether oxygens (including phenoxy) is 1. The monoisotopic (exact) mass is 376 g/mol. The molecule has 0 amide bonds. The Balaban J connectivity index is 1.99. The van der Waals surface area contributed by atoms with Crippen molar-refractivity contribution in [2.24, 2.45) is 5.92 Å². The number of halogens is 1. The van der Waals surface area contributed by atoms with Crippen LogP contribution in [0.1, 0.15) is 36.2 Å². The third-order valence-corrected chi connectivity index (χ3v) is 5.47. The lowest BCUT2D eigenvalue weighted by Gasteiger charge is -2.36. The second-order valence-electron chi connectivity index (χ2n) is 7.31. The number of aromatic nitrogens is 1. The summed E-state index contributed by atoms with van der Waals surface area (Å²) in [4.78, 5) is 25.9. The summed E-state index contributed by atoms with van der Waals surface area (Å²) in [5.41, 5.74) is -0.396. The number of hydrogen-bond donors (Lipinski definition) is 2. The first kappa shape index (κ1) is 17.8. The fraction of sp³-hybridized carbons (Fsp3) is 0.474. The van der Waals surface area contributed by atoms with Crippen molar-refractivity contribution < 1.29 is 24.1 Å². The van der Waals surface area contributed by atoms with Gasteiger partial charge in [-0.3, -0.25) is 4.79 Å². The van der Waals surface area contributed by atoms with Crippen LogP contribution in [0.3, 0.4) is 0 Å². The van der Waals surface area contributed by atoms with Gasteiger partial charge in [0.25, 0.3) is 0 Å². The number of aliphatic hydroxyl groups is 1. The van der Waals surface area contributed by atoms with E-state index >= 15 is 4.39 Å². The molecule has 2 aliphatic rings. The Morgan fingerprint density at radius 2 is 2.22 bits per heavy atom. The van der Waals surface area contributed by atoms with Crippen LogP contribution < -0.4 is 15.1 Å². The van der Waals surface area contributed by atoms with Crippen molar-refractivity contribution in [3.8, 4) is 5.75 Å². The average molecular weight is 376 g/mol. The minimum Gasteiger partial charge on any atom is -0.487 e. The normalized spacial score (nSPS) is 22.0. The maximum atomic E-state index is 15.1. The molecule has 1 aromatic carbocycles. The van der Waals surface area contributed by atoms with Crippen molar-refractivity contribution in [1.29, 1.82) is 0 Å². The second-order valence-corrected chi connectivity index (χ2v) is 7.31. The lowest BCUT2D eigenvalue weighted by atomic mass is 9.97. The van der Waals surface area contributed by atoms with Crippen molar-refractivity contribution in [3.63, 3.8) is 0 Å². The first-order valence-corrected chi connectivity index (χ1v) is 9.05. The van der Waals surface area contributed by atoms with Crippen molar-refractivity contribution in [3.05, 3.63) is 33.9 Å². The smallest absolute Gasteiger partial charge is 0.341 e. The molecule has 27 heavy (non-hydrogen) atoms. The van der Waals surface area contributed by atoms with Crippen LogP contribution >= 0.6 is 0 Å². The van der Waals surface area contributed by atoms with E-state index in [-0.39, 0.29) is 47.6 Å². The Kier molecular flexibility index (Phi) is 4.30. The number of benzene rings is 1. The number of pyridine rings is 1. The SMILES string of the molecule is CC1COc2c(N3CCCC(CO)C3)c(F)cc3c(=O)c(C(=O)O)cn1c23. The quantitative estimate of drug-likeness (QED) is 0.851. The fourth-order valence-corrected chi connectivity index (χ4v) is 4.08. The number of piperidine rings is 1. The molecule has 1 saturated heterocycles. The highest BCUT2D eigenvalue weighted by Gasteiger charge is 2.31. The van der Waals surface area contributed by atoms with Crippen LogP contribution in [0.2, 0.25) is 0 Å². The number of nitrogens with zero attached hydrogens (tertiary/aromatic N) is 2. The Bertz CT molecular complexity index is 986. The summed E-state index contributed by atoms with van der Waals surface area (Å²) in [6.07, 6.45) is 3.02. The Labute approximate surface area is 154 Å². The maximum absolute atomic E-state index is 15.1. The van der Waals surface area contributed by atoms with Crippen molar-refractivity contribution in [1.82, 2.24) is 4.57 Å². The summed E-state index contributed by atoms with van der Waals surface area (Å²) in [7, 11) is 0. The molecule has 0 radical (unpaired) electrons. The molecule has 2 atom stereocenters. The lowest BCUT2D eigenvalue weighted by Crippen LogP contribution is -2.38. The van der Waals surface area contributed by atoms with Crippen LogP contribution in [0.15, 0.2) is 17.1 Å². The molecule has 1 fully saturated rings. The van der Waals surface area contributed by atoms with Gasteiger partial charge in [-0.1, -0.05) is 0 Å². The molecule has 2 unspecified atom stereocenters. The van der Waals surface area contributed by atoms with Gasteiger partial charge >= 0.3 is 5.97 Å². The van der Waals surface area contributed by atoms with Gasteiger partial charge in [-0.2, -0.15) is 0 Å². The van der Waals surface area contributed by atoms with Crippen LogP contribution in [0.4, 0.5) is 10.1 Å². The number of rotatable bonds is 3. The number of anilines is 1. The number of carboxylic acids is 1. The van der Waals surface area contributed by atoms with Gasteiger partial charge in [0.2, 0.25) is 5.43 Å². The largest absolute Gasteiger partial charge is 0.487 e. The van der Waals surface area contributed by atoms with E-state index in [9.17, 15) is 19.8 Å². The number of aromatic carboxylic acids is 1. The van der Waals surface area contributed by atoms with E-state index in [4.69, 9.17) is 4.74 Å². The van der Waals surface area contributed by atoms with Gasteiger partial charge in [0.1, 0.15) is 17.9 Å². The Hall–Kier alpha value is -2.61. The van der Waals surface area contributed by atoms with E-state index in [1.165, 1.54) is 6.20 Å². The highest BCUT2D eigenvalue weighted by Crippen LogP contribution is 2.42. The maximum Gasteiger partial charge on any atom is 0.341 e. The van der Waals surface area contributed by atoms with Crippen LogP contribution in [0, 0.1) is 11.7 Å². The van der Waals surface area contributed by atoms with Gasteiger partial charge in [-0.05, 0) is 31.7 Å². The third-order valence-electron chi connectivity index (χ3n) is 5.47. The topological polar surface area (TPSA) is 92.0 Å². The third kappa shape index (κ3) is 2.75. The first-order chi connectivity index (χ1) is 12.9. The molecular weight excluding hydrogens is 355 g/mol. The van der Waals surface area contributed by atoms with Gasteiger partial charge in [0, 0.05) is 25.9 Å². The van der Waals surface area contributed by atoms with Crippen LogP contribution in [-0.2, 0) is 0 Å². The summed E-state index contributed by atoms with van der Waals surface area (Å²) in [5.74, 6) is -1.62. The van der Waals surface area contributed by atoms with Crippen LogP contribution in [-0.4, -0.2) is 47.1 Å². The van der Waals surface area contributed by atoms with Gasteiger partial charge in [-0.25, -0.2) is 9.18 Å². The number of carbonyl (C=O) groups is 1. The summed E-state index contributed by atoms with van der Waals surface area (Å²) in [6.45, 7) is 3.26. The lowest BCUT2D eigenvalue weighted by molar-refractivity contribution is 0.0694. The molecule has 2 aromatic rings. The molecule has 0 saturated carbocycles. The van der Waals surface area contributed by atoms with Gasteiger partial charge in [-0.15, -0.1) is 0 Å². The van der Waals surface area contributed by atoms with E-state index in [0.717, 1.165) is 18.9 Å². The summed E-state index contributed by atoms with van der Waals surface area (Å²) >= 11 is 0. The summed E-state index contributed by atoms with van der Waals surface area (Å²) < 4.78 is 22.6. The molecule has 2 N–H and O–H groups in total. The Morgan fingerprint density at radius 3 is 2.93 bits per heavy atom. The van der Waals surface area contributed by atoms with Crippen LogP contribution in [0.25, 0.3) is 10.9 Å². The van der Waals surface area contributed by atoms with E-state index in [1.807, 2.05) is 11.8 Å². The standard InChI is InChI=1S/C19H21FN2O5/c1-10-9-27-18-15-12(17(24)13(19(25)26)7-22(10)15)5-14(20)16(18)21-4-2-3-11(6-21)8-23/h5,7,10-11,23H,2-4,6,8-9H2,1H3,(H,25,26). The minimum absolute atomic E-state index is 0.00779. The van der Waals surface area contributed by atoms with E-state index in [0.29, 0.717) is 18.6 Å².